The monoisotopic (exact) mass is 278 g/mol. The number of hydrogen-bond acceptors (Lipinski definition) is 2. The molecule has 2 aliphatic rings. The third kappa shape index (κ3) is 4.33. The second-order valence-corrected chi connectivity index (χ2v) is 7.08. The largest absolute Gasteiger partial charge is 0.311 e. The van der Waals surface area contributed by atoms with E-state index in [0.29, 0.717) is 0 Å². The van der Waals surface area contributed by atoms with Gasteiger partial charge in [0.25, 0.3) is 0 Å². The number of allylic oxidation sites excluding steroid dienone is 1. The van der Waals surface area contributed by atoms with E-state index in [1.807, 2.05) is 0 Å². The molecule has 0 aromatic rings. The molecule has 1 aliphatic carbocycles. The molecule has 0 aromatic heterocycles. The van der Waals surface area contributed by atoms with E-state index in [9.17, 15) is 0 Å². The average Bonchev–Trinajstić information content (AvgIpc) is 2.48. The summed E-state index contributed by atoms with van der Waals surface area (Å²) in [5.74, 6) is 1.68. The van der Waals surface area contributed by atoms with Crippen LogP contribution in [-0.2, 0) is 0 Å². The zero-order valence-electron chi connectivity index (χ0n) is 13.8. The van der Waals surface area contributed by atoms with Crippen LogP contribution in [0.25, 0.3) is 0 Å². The third-order valence-electron chi connectivity index (χ3n) is 5.30. The van der Waals surface area contributed by atoms with E-state index in [2.05, 4.69) is 43.1 Å². The van der Waals surface area contributed by atoms with Crippen LogP contribution < -0.4 is 5.32 Å². The summed E-state index contributed by atoms with van der Waals surface area (Å²) in [4.78, 5) is 2.76. The van der Waals surface area contributed by atoms with E-state index in [-0.39, 0.29) is 0 Å². The van der Waals surface area contributed by atoms with E-state index in [0.717, 1.165) is 23.9 Å². The first-order valence-corrected chi connectivity index (χ1v) is 8.81. The number of nitrogens with one attached hydrogen (secondary N) is 1. The van der Waals surface area contributed by atoms with Gasteiger partial charge in [-0.05, 0) is 38.0 Å². The molecule has 1 heterocycles. The standard InChI is InChI=1S/C18H34N2/c1-4-5-9-12-20-14-17(16-10-7-6-8-11-16)19-13-18(20)15(2)3/h4-5,15-19H,6-14H2,1-3H3/b5-4+. The minimum Gasteiger partial charge on any atom is -0.311 e. The number of rotatable bonds is 5. The Hall–Kier alpha value is -0.340. The first kappa shape index (κ1) is 16.0. The molecule has 1 saturated heterocycles. The molecule has 20 heavy (non-hydrogen) atoms. The van der Waals surface area contributed by atoms with Crippen molar-refractivity contribution in [3.8, 4) is 0 Å². The molecule has 2 fully saturated rings. The van der Waals surface area contributed by atoms with E-state index in [1.54, 1.807) is 0 Å². The lowest BCUT2D eigenvalue weighted by molar-refractivity contribution is 0.0737. The Morgan fingerprint density at radius 2 is 1.95 bits per heavy atom. The van der Waals surface area contributed by atoms with Crippen molar-refractivity contribution in [2.75, 3.05) is 19.6 Å². The van der Waals surface area contributed by atoms with Gasteiger partial charge in [-0.1, -0.05) is 45.3 Å². The fourth-order valence-corrected chi connectivity index (χ4v) is 4.03. The Labute approximate surface area is 126 Å². The highest BCUT2D eigenvalue weighted by molar-refractivity contribution is 4.92. The maximum atomic E-state index is 3.88. The predicted octanol–water partition coefficient (Wildman–Crippen LogP) is 3.83. The van der Waals surface area contributed by atoms with Crippen molar-refractivity contribution in [3.05, 3.63) is 12.2 Å². The summed E-state index contributed by atoms with van der Waals surface area (Å²) in [6.45, 7) is 10.6. The molecule has 2 heteroatoms. The lowest BCUT2D eigenvalue weighted by Gasteiger charge is -2.45. The quantitative estimate of drug-likeness (QED) is 0.769. The van der Waals surface area contributed by atoms with Crippen molar-refractivity contribution in [3.63, 3.8) is 0 Å². The molecule has 1 N–H and O–H groups in total. The van der Waals surface area contributed by atoms with Gasteiger partial charge in [-0.15, -0.1) is 0 Å². The van der Waals surface area contributed by atoms with Crippen LogP contribution in [-0.4, -0.2) is 36.6 Å². The molecule has 2 rings (SSSR count). The number of nitrogens with zero attached hydrogens (tertiary/aromatic N) is 1. The summed E-state index contributed by atoms with van der Waals surface area (Å²) in [5.41, 5.74) is 0. The minimum atomic E-state index is 0.722. The Kier molecular flexibility index (Phi) is 6.57. The summed E-state index contributed by atoms with van der Waals surface area (Å²) in [7, 11) is 0. The highest BCUT2D eigenvalue weighted by Crippen LogP contribution is 2.29. The van der Waals surface area contributed by atoms with E-state index >= 15 is 0 Å². The van der Waals surface area contributed by atoms with E-state index in [4.69, 9.17) is 0 Å². The molecule has 0 bridgehead atoms. The molecule has 0 amide bonds. The lowest BCUT2D eigenvalue weighted by atomic mass is 9.82. The topological polar surface area (TPSA) is 15.3 Å². The van der Waals surface area contributed by atoms with Gasteiger partial charge >= 0.3 is 0 Å². The highest BCUT2D eigenvalue weighted by atomic mass is 15.2. The second-order valence-electron chi connectivity index (χ2n) is 7.08. The minimum absolute atomic E-state index is 0.722. The lowest BCUT2D eigenvalue weighted by Crippen LogP contribution is -2.60. The van der Waals surface area contributed by atoms with Crippen molar-refractivity contribution in [1.82, 2.24) is 10.2 Å². The molecular weight excluding hydrogens is 244 g/mol. The van der Waals surface area contributed by atoms with Gasteiger partial charge < -0.3 is 5.32 Å². The number of piperazine rings is 1. The normalized spacial score (nSPS) is 30.4. The second kappa shape index (κ2) is 8.19. The van der Waals surface area contributed by atoms with Crippen LogP contribution in [0.3, 0.4) is 0 Å². The molecule has 1 saturated carbocycles. The third-order valence-corrected chi connectivity index (χ3v) is 5.30. The van der Waals surface area contributed by atoms with E-state index in [1.165, 1.54) is 58.2 Å². The van der Waals surface area contributed by atoms with Crippen molar-refractivity contribution in [2.45, 2.75) is 71.4 Å². The van der Waals surface area contributed by atoms with Crippen LogP contribution in [0.2, 0.25) is 0 Å². The first-order chi connectivity index (χ1) is 9.72. The molecule has 2 unspecified atom stereocenters. The van der Waals surface area contributed by atoms with Crippen molar-refractivity contribution >= 4 is 0 Å². The maximum absolute atomic E-state index is 3.88. The van der Waals surface area contributed by atoms with Gasteiger partial charge in [0.1, 0.15) is 0 Å². The molecule has 2 atom stereocenters. The average molecular weight is 278 g/mol. The van der Waals surface area contributed by atoms with Gasteiger partial charge in [-0.25, -0.2) is 0 Å². The molecule has 2 nitrogen and oxygen atoms in total. The Morgan fingerprint density at radius 1 is 1.20 bits per heavy atom. The van der Waals surface area contributed by atoms with E-state index < -0.39 is 0 Å². The van der Waals surface area contributed by atoms with Crippen LogP contribution in [0.1, 0.15) is 59.3 Å². The van der Waals surface area contributed by atoms with Crippen LogP contribution in [0, 0.1) is 11.8 Å². The van der Waals surface area contributed by atoms with Crippen LogP contribution in [0.4, 0.5) is 0 Å². The Balaban J connectivity index is 1.91. The zero-order valence-corrected chi connectivity index (χ0v) is 13.8. The van der Waals surface area contributed by atoms with Gasteiger partial charge in [0.05, 0.1) is 0 Å². The van der Waals surface area contributed by atoms with Crippen LogP contribution in [0.15, 0.2) is 12.2 Å². The fraction of sp³-hybridized carbons (Fsp3) is 0.889. The van der Waals surface area contributed by atoms with Gasteiger partial charge in [-0.2, -0.15) is 0 Å². The summed E-state index contributed by atoms with van der Waals surface area (Å²) in [5, 5.41) is 3.88. The fourth-order valence-electron chi connectivity index (χ4n) is 4.03. The summed E-state index contributed by atoms with van der Waals surface area (Å²) in [6, 6.07) is 1.47. The van der Waals surface area contributed by atoms with Crippen molar-refractivity contribution in [1.29, 1.82) is 0 Å². The summed E-state index contributed by atoms with van der Waals surface area (Å²) >= 11 is 0. The molecule has 0 spiro atoms. The smallest absolute Gasteiger partial charge is 0.0244 e. The number of hydrogen-bond donors (Lipinski definition) is 1. The Morgan fingerprint density at radius 3 is 2.60 bits per heavy atom. The van der Waals surface area contributed by atoms with Crippen molar-refractivity contribution in [2.24, 2.45) is 11.8 Å². The van der Waals surface area contributed by atoms with Gasteiger partial charge in [0.2, 0.25) is 0 Å². The molecule has 1 aliphatic heterocycles. The molecule has 116 valence electrons. The van der Waals surface area contributed by atoms with Crippen LogP contribution in [0.5, 0.6) is 0 Å². The molecule has 0 radical (unpaired) electrons. The molecular formula is C18H34N2. The molecule has 0 aromatic carbocycles. The van der Waals surface area contributed by atoms with Gasteiger partial charge in [0, 0.05) is 31.7 Å². The zero-order chi connectivity index (χ0) is 14.4. The first-order valence-electron chi connectivity index (χ1n) is 8.81. The van der Waals surface area contributed by atoms with Crippen molar-refractivity contribution < 1.29 is 0 Å². The highest BCUT2D eigenvalue weighted by Gasteiger charge is 2.33. The van der Waals surface area contributed by atoms with Crippen LogP contribution >= 0.6 is 0 Å². The van der Waals surface area contributed by atoms with Gasteiger partial charge in [-0.3, -0.25) is 4.90 Å². The van der Waals surface area contributed by atoms with Gasteiger partial charge in [0.15, 0.2) is 0 Å². The predicted molar refractivity (Wildman–Crippen MR) is 88.0 cm³/mol. The maximum Gasteiger partial charge on any atom is 0.0244 e. The summed E-state index contributed by atoms with van der Waals surface area (Å²) in [6.07, 6.45) is 13.0. The SMILES string of the molecule is C/C=C/CCN1CC(C2CCCCC2)NCC1C(C)C. The summed E-state index contributed by atoms with van der Waals surface area (Å²) < 4.78 is 0. The Bertz CT molecular complexity index is 292.